The minimum absolute atomic E-state index is 0.171. The van der Waals surface area contributed by atoms with Crippen molar-refractivity contribution < 1.29 is 19.1 Å². The first-order valence-electron chi connectivity index (χ1n) is 17.0. The van der Waals surface area contributed by atoms with Crippen LogP contribution in [0, 0.1) is 11.8 Å². The van der Waals surface area contributed by atoms with Gasteiger partial charge < -0.3 is 25.6 Å². The first kappa shape index (κ1) is 34.2. The van der Waals surface area contributed by atoms with Crippen molar-refractivity contribution in [1.82, 2.24) is 20.9 Å². The molecule has 2 aromatic carbocycles. The highest BCUT2D eigenvalue weighted by Crippen LogP contribution is 2.30. The minimum Gasteiger partial charge on any atom is -0.381 e. The smallest absolute Gasteiger partial charge is 0.246 e. The normalized spacial score (nSPS) is 19.9. The summed E-state index contributed by atoms with van der Waals surface area (Å²) in [4.78, 5) is 44.3. The summed E-state index contributed by atoms with van der Waals surface area (Å²) in [6.07, 6.45) is 12.9. The van der Waals surface area contributed by atoms with Crippen LogP contribution in [0.2, 0.25) is 0 Å². The Morgan fingerprint density at radius 2 is 1.65 bits per heavy atom. The van der Waals surface area contributed by atoms with Crippen molar-refractivity contribution in [2.24, 2.45) is 11.8 Å². The van der Waals surface area contributed by atoms with Crippen molar-refractivity contribution in [3.63, 3.8) is 0 Å². The van der Waals surface area contributed by atoms with E-state index < -0.39 is 11.6 Å². The molecule has 2 heterocycles. The van der Waals surface area contributed by atoms with Gasteiger partial charge in [-0.25, -0.2) is 0 Å². The van der Waals surface area contributed by atoms with Crippen molar-refractivity contribution in [3.8, 4) is 0 Å². The second kappa shape index (κ2) is 17.1. The third-order valence-corrected chi connectivity index (χ3v) is 10.6. The Kier molecular flexibility index (Phi) is 12.7. The lowest BCUT2D eigenvalue weighted by Crippen LogP contribution is -2.61. The molecule has 46 heavy (non-hydrogen) atoms. The number of carbonyl (C=O) groups is 3. The molecule has 2 aliphatic heterocycles. The summed E-state index contributed by atoms with van der Waals surface area (Å²) in [6.45, 7) is 5.63. The first-order chi connectivity index (χ1) is 22.4. The molecular formula is C37H50N4O4S. The van der Waals surface area contributed by atoms with Crippen molar-refractivity contribution in [1.29, 1.82) is 0 Å². The van der Waals surface area contributed by atoms with E-state index >= 15 is 0 Å². The second-order valence-corrected chi connectivity index (χ2v) is 14.0. The van der Waals surface area contributed by atoms with Crippen LogP contribution in [0.5, 0.6) is 0 Å². The molecular weight excluding hydrogens is 596 g/mol. The number of hydrogen-bond acceptors (Lipinski definition) is 6. The summed E-state index contributed by atoms with van der Waals surface area (Å²) in [5.74, 6) is 0.391. The SMILES string of the molecule is CSc1ccc(/C=C/C(=O)NC2(C(=O)N[C@H](Cc3ccccc3)C(=O)NCC3CCN(CC4CCOCC4)CC3)CCCC2)cc1. The fourth-order valence-corrected chi connectivity index (χ4v) is 7.35. The number of amides is 3. The summed E-state index contributed by atoms with van der Waals surface area (Å²) in [5, 5.41) is 9.27. The molecule has 8 nitrogen and oxygen atoms in total. The maximum Gasteiger partial charge on any atom is 0.246 e. The number of carbonyl (C=O) groups excluding carboxylic acids is 3. The van der Waals surface area contributed by atoms with Crippen LogP contribution in [0.4, 0.5) is 0 Å². The molecule has 1 atom stereocenters. The van der Waals surface area contributed by atoms with Gasteiger partial charge in [-0.15, -0.1) is 11.8 Å². The lowest BCUT2D eigenvalue weighted by molar-refractivity contribution is -0.135. The molecule has 0 spiro atoms. The Hall–Kier alpha value is -3.14. The van der Waals surface area contributed by atoms with Crippen molar-refractivity contribution >= 4 is 35.6 Å². The average Bonchev–Trinajstić information content (AvgIpc) is 3.57. The molecule has 3 N–H and O–H groups in total. The fraction of sp³-hybridized carbons (Fsp3) is 0.541. The van der Waals surface area contributed by atoms with Crippen LogP contribution < -0.4 is 16.0 Å². The van der Waals surface area contributed by atoms with E-state index in [1.54, 1.807) is 17.8 Å². The zero-order valence-corrected chi connectivity index (χ0v) is 28.0. The van der Waals surface area contributed by atoms with E-state index in [4.69, 9.17) is 4.74 Å². The van der Waals surface area contributed by atoms with Crippen LogP contribution in [-0.4, -0.2) is 79.9 Å². The molecule has 3 fully saturated rings. The number of hydrogen-bond donors (Lipinski definition) is 3. The molecule has 0 unspecified atom stereocenters. The molecule has 248 valence electrons. The molecule has 3 aliphatic rings. The Bertz CT molecular complexity index is 1300. The minimum atomic E-state index is -1.03. The maximum absolute atomic E-state index is 13.9. The van der Waals surface area contributed by atoms with Crippen LogP contribution in [0.1, 0.15) is 62.5 Å². The number of nitrogens with zero attached hydrogens (tertiary/aromatic N) is 1. The predicted octanol–water partition coefficient (Wildman–Crippen LogP) is 4.83. The number of piperidine rings is 1. The number of rotatable bonds is 13. The van der Waals surface area contributed by atoms with Crippen LogP contribution in [0.15, 0.2) is 65.6 Å². The van der Waals surface area contributed by atoms with E-state index in [1.807, 2.05) is 60.9 Å². The monoisotopic (exact) mass is 646 g/mol. The van der Waals surface area contributed by atoms with Gasteiger partial charge in [-0.1, -0.05) is 55.3 Å². The molecule has 2 aromatic rings. The van der Waals surface area contributed by atoms with Gasteiger partial charge in [-0.3, -0.25) is 14.4 Å². The predicted molar refractivity (Wildman–Crippen MR) is 184 cm³/mol. The van der Waals surface area contributed by atoms with Gasteiger partial charge in [0, 0.05) is 43.7 Å². The van der Waals surface area contributed by atoms with Gasteiger partial charge >= 0.3 is 0 Å². The summed E-state index contributed by atoms with van der Waals surface area (Å²) >= 11 is 1.67. The molecule has 5 rings (SSSR count). The van der Waals surface area contributed by atoms with Crippen LogP contribution in [0.25, 0.3) is 6.08 Å². The lowest BCUT2D eigenvalue weighted by atomic mass is 9.93. The van der Waals surface area contributed by atoms with E-state index in [0.29, 0.717) is 31.7 Å². The Labute approximate surface area is 278 Å². The molecule has 0 aromatic heterocycles. The van der Waals surface area contributed by atoms with Crippen molar-refractivity contribution in [3.05, 3.63) is 71.8 Å². The molecule has 0 radical (unpaired) electrons. The Balaban J connectivity index is 1.17. The van der Waals surface area contributed by atoms with Gasteiger partial charge in [0.2, 0.25) is 17.7 Å². The Morgan fingerprint density at radius 1 is 0.957 bits per heavy atom. The third-order valence-electron chi connectivity index (χ3n) is 9.83. The highest BCUT2D eigenvalue weighted by atomic mass is 32.2. The lowest BCUT2D eigenvalue weighted by Gasteiger charge is -2.35. The molecule has 0 bridgehead atoms. The van der Waals surface area contributed by atoms with Crippen LogP contribution in [-0.2, 0) is 25.5 Å². The quantitative estimate of drug-likeness (QED) is 0.213. The van der Waals surface area contributed by atoms with Gasteiger partial charge in [0.15, 0.2) is 0 Å². The summed E-state index contributed by atoms with van der Waals surface area (Å²) in [7, 11) is 0. The zero-order chi connectivity index (χ0) is 32.2. The highest BCUT2D eigenvalue weighted by Gasteiger charge is 2.43. The van der Waals surface area contributed by atoms with Gasteiger partial charge in [0.05, 0.1) is 0 Å². The summed E-state index contributed by atoms with van der Waals surface area (Å²) in [6, 6.07) is 17.0. The van der Waals surface area contributed by atoms with Gasteiger partial charge in [-0.2, -0.15) is 0 Å². The molecule has 1 aliphatic carbocycles. The summed E-state index contributed by atoms with van der Waals surface area (Å²) in [5.41, 5.74) is 0.864. The van der Waals surface area contributed by atoms with Crippen molar-refractivity contribution in [2.45, 2.75) is 74.3 Å². The van der Waals surface area contributed by atoms with E-state index in [1.165, 1.54) is 6.08 Å². The van der Waals surface area contributed by atoms with Crippen LogP contribution in [0.3, 0.4) is 0 Å². The molecule has 1 saturated carbocycles. The number of benzene rings is 2. The zero-order valence-electron chi connectivity index (χ0n) is 27.2. The average molecular weight is 647 g/mol. The number of thioether (sulfide) groups is 1. The van der Waals surface area contributed by atoms with Crippen LogP contribution >= 0.6 is 11.8 Å². The number of nitrogens with one attached hydrogen (secondary N) is 3. The maximum atomic E-state index is 13.9. The summed E-state index contributed by atoms with van der Waals surface area (Å²) < 4.78 is 5.52. The molecule has 3 amide bonds. The van der Waals surface area contributed by atoms with E-state index in [-0.39, 0.29) is 17.7 Å². The largest absolute Gasteiger partial charge is 0.381 e. The van der Waals surface area contributed by atoms with Gasteiger partial charge in [-0.05, 0) is 99.0 Å². The van der Waals surface area contributed by atoms with E-state index in [9.17, 15) is 14.4 Å². The standard InChI is InChI=1S/C37H50N4O4S/c1-46-32-12-9-28(10-13-32)11-14-34(42)40-37(19-5-6-20-37)36(44)39-33(25-29-7-3-2-4-8-29)35(43)38-26-30-15-21-41(22-16-30)27-31-17-23-45-24-18-31/h2-4,7-14,30-31,33H,5-6,15-27H2,1H3,(H,38,43)(H,39,44)(H,40,42)/b14-11+/t33-/m1/s1. The van der Waals surface area contributed by atoms with E-state index in [0.717, 1.165) is 93.3 Å². The first-order valence-corrected chi connectivity index (χ1v) is 18.2. The second-order valence-electron chi connectivity index (χ2n) is 13.1. The van der Waals surface area contributed by atoms with Crippen molar-refractivity contribution in [2.75, 3.05) is 45.6 Å². The van der Waals surface area contributed by atoms with E-state index in [2.05, 4.69) is 20.9 Å². The topological polar surface area (TPSA) is 99.8 Å². The third kappa shape index (κ3) is 9.93. The molecule has 2 saturated heterocycles. The molecule has 9 heteroatoms. The number of likely N-dealkylation sites (tertiary alicyclic amines) is 1. The van der Waals surface area contributed by atoms with Gasteiger partial charge in [0.25, 0.3) is 0 Å². The Morgan fingerprint density at radius 3 is 2.33 bits per heavy atom. The fourth-order valence-electron chi connectivity index (χ4n) is 6.94. The number of ether oxygens (including phenoxy) is 1. The highest BCUT2D eigenvalue weighted by molar-refractivity contribution is 7.98. The van der Waals surface area contributed by atoms with Gasteiger partial charge in [0.1, 0.15) is 11.6 Å².